The fraction of sp³-hybridized carbons (Fsp3) is 0.250. The van der Waals surface area contributed by atoms with Crippen molar-refractivity contribution in [3.8, 4) is 5.75 Å². The normalized spacial score (nSPS) is 10.1. The number of ether oxygens (including phenoxy) is 1. The van der Waals surface area contributed by atoms with E-state index in [1.807, 2.05) is 42.1 Å². The molecule has 1 aromatic heterocycles. The van der Waals surface area contributed by atoms with E-state index in [2.05, 4.69) is 16.9 Å². The van der Waals surface area contributed by atoms with Crippen molar-refractivity contribution >= 4 is 5.91 Å². The maximum Gasteiger partial charge on any atom is 0.243 e. The van der Waals surface area contributed by atoms with Gasteiger partial charge in [-0.25, -0.2) is 4.98 Å². The van der Waals surface area contributed by atoms with Crippen LogP contribution in [-0.4, -0.2) is 22.0 Å². The maximum absolute atomic E-state index is 11.0. The highest BCUT2D eigenvalue weighted by Gasteiger charge is 2.01. The third-order valence-corrected chi connectivity index (χ3v) is 3.11. The highest BCUT2D eigenvalue weighted by Crippen LogP contribution is 2.14. The summed E-state index contributed by atoms with van der Waals surface area (Å²) in [5, 5.41) is 2.75. The third-order valence-electron chi connectivity index (χ3n) is 3.11. The second-order valence-electron chi connectivity index (χ2n) is 4.63. The number of carbonyl (C=O) groups is 1. The van der Waals surface area contributed by atoms with Crippen molar-refractivity contribution in [2.75, 3.05) is 6.54 Å². The van der Waals surface area contributed by atoms with Crippen LogP contribution in [0.1, 0.15) is 11.4 Å². The zero-order valence-electron chi connectivity index (χ0n) is 12.1. The van der Waals surface area contributed by atoms with Crippen molar-refractivity contribution in [1.82, 2.24) is 14.9 Å². The van der Waals surface area contributed by atoms with Gasteiger partial charge in [-0.3, -0.25) is 4.79 Å². The van der Waals surface area contributed by atoms with Crippen LogP contribution in [-0.2, 0) is 24.9 Å². The molecular weight excluding hydrogens is 266 g/mol. The van der Waals surface area contributed by atoms with Crippen LogP contribution in [0.3, 0.4) is 0 Å². The summed E-state index contributed by atoms with van der Waals surface area (Å²) in [5.41, 5.74) is 1.14. The number of nitrogens with one attached hydrogen (secondary N) is 1. The molecule has 1 heterocycles. The SMILES string of the molecule is C=CC(=O)NCCc1ccc(OCc2nccn2C)cc1. The van der Waals surface area contributed by atoms with Crippen molar-refractivity contribution in [2.24, 2.45) is 7.05 Å². The van der Waals surface area contributed by atoms with Gasteiger partial charge in [0.2, 0.25) is 5.91 Å². The lowest BCUT2D eigenvalue weighted by Gasteiger charge is -2.07. The highest BCUT2D eigenvalue weighted by atomic mass is 16.5. The Bertz CT molecular complexity index is 602. The summed E-state index contributed by atoms with van der Waals surface area (Å²) in [6.45, 7) is 4.45. The Labute approximate surface area is 124 Å². The Hall–Kier alpha value is -2.56. The molecule has 0 aliphatic heterocycles. The minimum atomic E-state index is -0.148. The van der Waals surface area contributed by atoms with Gasteiger partial charge in [0.05, 0.1) is 0 Å². The monoisotopic (exact) mass is 285 g/mol. The average molecular weight is 285 g/mol. The number of rotatable bonds is 7. The van der Waals surface area contributed by atoms with E-state index in [0.717, 1.165) is 23.6 Å². The summed E-state index contributed by atoms with van der Waals surface area (Å²) in [7, 11) is 1.94. The van der Waals surface area contributed by atoms with Crippen LogP contribution in [0.15, 0.2) is 49.3 Å². The number of aryl methyl sites for hydroxylation is 1. The maximum atomic E-state index is 11.0. The molecule has 2 rings (SSSR count). The largest absolute Gasteiger partial charge is 0.486 e. The second kappa shape index (κ2) is 7.28. The van der Waals surface area contributed by atoms with Crippen molar-refractivity contribution in [1.29, 1.82) is 0 Å². The number of hydrogen-bond donors (Lipinski definition) is 1. The van der Waals surface area contributed by atoms with Gasteiger partial charge < -0.3 is 14.6 Å². The summed E-state index contributed by atoms with van der Waals surface area (Å²) in [4.78, 5) is 15.2. The molecule has 1 N–H and O–H groups in total. The fourth-order valence-corrected chi connectivity index (χ4v) is 1.84. The first-order chi connectivity index (χ1) is 10.2. The Kier molecular flexibility index (Phi) is 5.15. The molecule has 110 valence electrons. The molecule has 0 saturated heterocycles. The van der Waals surface area contributed by atoms with Crippen LogP contribution in [0.4, 0.5) is 0 Å². The average Bonchev–Trinajstić information content (AvgIpc) is 2.91. The zero-order valence-corrected chi connectivity index (χ0v) is 12.1. The predicted molar refractivity (Wildman–Crippen MR) is 80.9 cm³/mol. The molecule has 1 aromatic carbocycles. The molecule has 5 nitrogen and oxygen atoms in total. The smallest absolute Gasteiger partial charge is 0.243 e. The van der Waals surface area contributed by atoms with E-state index >= 15 is 0 Å². The van der Waals surface area contributed by atoms with Crippen molar-refractivity contribution in [3.05, 3.63) is 60.7 Å². The van der Waals surface area contributed by atoms with E-state index in [9.17, 15) is 4.79 Å². The summed E-state index contributed by atoms with van der Waals surface area (Å²) in [6.07, 6.45) is 5.69. The molecule has 0 fully saturated rings. The summed E-state index contributed by atoms with van der Waals surface area (Å²) in [5.74, 6) is 1.54. The lowest BCUT2D eigenvalue weighted by atomic mass is 10.1. The van der Waals surface area contributed by atoms with Crippen LogP contribution in [0.2, 0.25) is 0 Å². The van der Waals surface area contributed by atoms with Crippen LogP contribution < -0.4 is 10.1 Å². The molecule has 0 radical (unpaired) electrons. The van der Waals surface area contributed by atoms with Gasteiger partial charge >= 0.3 is 0 Å². The first-order valence-electron chi connectivity index (χ1n) is 6.77. The standard InChI is InChI=1S/C16H19N3O2/c1-3-16(20)18-9-8-13-4-6-14(7-5-13)21-12-15-17-10-11-19(15)2/h3-7,10-11H,1,8-9,12H2,2H3,(H,18,20). The molecule has 0 spiro atoms. The Morgan fingerprint density at radius 2 is 2.19 bits per heavy atom. The zero-order chi connectivity index (χ0) is 15.1. The second-order valence-corrected chi connectivity index (χ2v) is 4.63. The topological polar surface area (TPSA) is 56.1 Å². The minimum absolute atomic E-state index is 0.148. The molecule has 0 atom stereocenters. The lowest BCUT2D eigenvalue weighted by Crippen LogP contribution is -2.23. The summed E-state index contributed by atoms with van der Waals surface area (Å²) < 4.78 is 7.61. The number of imidazole rings is 1. The number of aromatic nitrogens is 2. The van der Waals surface area contributed by atoms with Crippen LogP contribution in [0, 0.1) is 0 Å². The number of hydrogen-bond acceptors (Lipinski definition) is 3. The van der Waals surface area contributed by atoms with Gasteiger partial charge in [0.1, 0.15) is 18.2 Å². The molecule has 0 aliphatic rings. The Morgan fingerprint density at radius 1 is 1.43 bits per heavy atom. The van der Waals surface area contributed by atoms with Crippen molar-refractivity contribution in [2.45, 2.75) is 13.0 Å². The number of benzene rings is 1. The molecule has 0 unspecified atom stereocenters. The van der Waals surface area contributed by atoms with E-state index in [-0.39, 0.29) is 5.91 Å². The summed E-state index contributed by atoms with van der Waals surface area (Å²) >= 11 is 0. The van der Waals surface area contributed by atoms with E-state index < -0.39 is 0 Å². The van der Waals surface area contributed by atoms with Gasteiger partial charge in [-0.05, 0) is 30.2 Å². The van der Waals surface area contributed by atoms with Crippen molar-refractivity contribution < 1.29 is 9.53 Å². The Morgan fingerprint density at radius 3 is 2.81 bits per heavy atom. The highest BCUT2D eigenvalue weighted by molar-refractivity contribution is 5.86. The molecule has 21 heavy (non-hydrogen) atoms. The van der Waals surface area contributed by atoms with Gasteiger partial charge in [0.25, 0.3) is 0 Å². The number of nitrogens with zero attached hydrogens (tertiary/aromatic N) is 2. The van der Waals surface area contributed by atoms with Gasteiger partial charge in [-0.15, -0.1) is 0 Å². The fourth-order valence-electron chi connectivity index (χ4n) is 1.84. The van der Waals surface area contributed by atoms with E-state index in [1.54, 1.807) is 6.20 Å². The Balaban J connectivity index is 1.80. The number of carbonyl (C=O) groups excluding carboxylic acids is 1. The quantitative estimate of drug-likeness (QED) is 0.790. The molecule has 0 bridgehead atoms. The van der Waals surface area contributed by atoms with Gasteiger partial charge in [0, 0.05) is 26.0 Å². The predicted octanol–water partition coefficient (Wildman–Crippen LogP) is 1.84. The van der Waals surface area contributed by atoms with Gasteiger partial charge in [-0.1, -0.05) is 18.7 Å². The third kappa shape index (κ3) is 4.49. The molecule has 0 aliphatic carbocycles. The van der Waals surface area contributed by atoms with Gasteiger partial charge in [-0.2, -0.15) is 0 Å². The summed E-state index contributed by atoms with van der Waals surface area (Å²) in [6, 6.07) is 7.84. The van der Waals surface area contributed by atoms with E-state index in [1.165, 1.54) is 6.08 Å². The molecular formula is C16H19N3O2. The molecule has 5 heteroatoms. The molecule has 2 aromatic rings. The van der Waals surface area contributed by atoms with E-state index in [4.69, 9.17) is 4.74 Å². The van der Waals surface area contributed by atoms with Crippen LogP contribution in [0.25, 0.3) is 0 Å². The number of amides is 1. The molecule has 1 amide bonds. The van der Waals surface area contributed by atoms with Crippen molar-refractivity contribution in [3.63, 3.8) is 0 Å². The lowest BCUT2D eigenvalue weighted by molar-refractivity contribution is -0.116. The van der Waals surface area contributed by atoms with Crippen LogP contribution >= 0.6 is 0 Å². The first kappa shape index (κ1) is 14.8. The first-order valence-corrected chi connectivity index (χ1v) is 6.77. The van der Waals surface area contributed by atoms with Crippen LogP contribution in [0.5, 0.6) is 5.75 Å². The van der Waals surface area contributed by atoms with E-state index in [0.29, 0.717) is 13.2 Å². The minimum Gasteiger partial charge on any atom is -0.486 e. The van der Waals surface area contributed by atoms with Gasteiger partial charge in [0.15, 0.2) is 0 Å². The molecule has 0 saturated carbocycles.